The maximum atomic E-state index is 6.05. The minimum absolute atomic E-state index is 0.463. The molecule has 0 fully saturated rings. The summed E-state index contributed by atoms with van der Waals surface area (Å²) in [6.07, 6.45) is 0.738. The number of nitrogens with zero attached hydrogens (tertiary/aromatic N) is 2. The molecule has 1 aromatic carbocycles. The largest absolute Gasteiger partial charge is 0.472 e. The second kappa shape index (κ2) is 5.83. The molecule has 0 bridgehead atoms. The van der Waals surface area contributed by atoms with E-state index in [1.54, 1.807) is 0 Å². The van der Waals surface area contributed by atoms with E-state index >= 15 is 0 Å². The smallest absolute Gasteiger partial charge is 0.221 e. The van der Waals surface area contributed by atoms with Crippen LogP contribution in [0.5, 0.6) is 5.88 Å². The van der Waals surface area contributed by atoms with Gasteiger partial charge >= 0.3 is 0 Å². The lowest BCUT2D eigenvalue weighted by Gasteiger charge is -2.10. The van der Waals surface area contributed by atoms with Gasteiger partial charge in [-0.1, -0.05) is 48.9 Å². The molecule has 0 aliphatic heterocycles. The Morgan fingerprint density at radius 1 is 1.17 bits per heavy atom. The first-order chi connectivity index (χ1) is 8.70. The molecule has 1 aromatic heterocycles. The number of rotatable bonds is 4. The minimum atomic E-state index is 0.463. The Morgan fingerprint density at radius 2 is 1.89 bits per heavy atom. The third kappa shape index (κ3) is 2.99. The summed E-state index contributed by atoms with van der Waals surface area (Å²) >= 11 is 6.05. The Morgan fingerprint density at radius 3 is 2.56 bits per heavy atom. The fourth-order valence-electron chi connectivity index (χ4n) is 1.54. The van der Waals surface area contributed by atoms with Crippen molar-refractivity contribution in [3.63, 3.8) is 0 Å². The van der Waals surface area contributed by atoms with Gasteiger partial charge in [-0.15, -0.1) is 0 Å². The zero-order valence-electron chi connectivity index (χ0n) is 10.5. The van der Waals surface area contributed by atoms with Gasteiger partial charge in [-0.05, 0) is 12.5 Å². The molecule has 0 N–H and O–H groups in total. The van der Waals surface area contributed by atoms with E-state index in [9.17, 15) is 0 Å². The lowest BCUT2D eigenvalue weighted by Crippen LogP contribution is -2.03. The predicted octanol–water partition coefficient (Wildman–Crippen LogP) is 3.58. The molecule has 94 valence electrons. The van der Waals surface area contributed by atoms with E-state index in [4.69, 9.17) is 16.3 Å². The topological polar surface area (TPSA) is 35.0 Å². The second-order valence-corrected chi connectivity index (χ2v) is 4.35. The summed E-state index contributed by atoms with van der Waals surface area (Å²) in [5, 5.41) is 0.463. The van der Waals surface area contributed by atoms with Crippen LogP contribution < -0.4 is 4.74 Å². The van der Waals surface area contributed by atoms with Crippen molar-refractivity contribution in [2.24, 2.45) is 0 Å². The van der Waals surface area contributed by atoms with Crippen LogP contribution in [-0.4, -0.2) is 9.97 Å². The zero-order chi connectivity index (χ0) is 13.0. The number of aryl methyl sites for hydroxylation is 1. The van der Waals surface area contributed by atoms with E-state index in [-0.39, 0.29) is 0 Å². The van der Waals surface area contributed by atoms with Crippen molar-refractivity contribution >= 4 is 11.6 Å². The van der Waals surface area contributed by atoms with Gasteiger partial charge in [0.2, 0.25) is 5.88 Å². The molecule has 0 saturated carbocycles. The third-order valence-electron chi connectivity index (χ3n) is 2.62. The number of benzene rings is 1. The van der Waals surface area contributed by atoms with Crippen LogP contribution in [0.3, 0.4) is 0 Å². The van der Waals surface area contributed by atoms with Gasteiger partial charge in [-0.2, -0.15) is 4.98 Å². The number of aromatic nitrogens is 2. The van der Waals surface area contributed by atoms with Crippen molar-refractivity contribution in [1.29, 1.82) is 0 Å². The second-order valence-electron chi connectivity index (χ2n) is 3.99. The van der Waals surface area contributed by atoms with Gasteiger partial charge < -0.3 is 4.74 Å². The minimum Gasteiger partial charge on any atom is -0.472 e. The molecule has 0 amide bonds. The van der Waals surface area contributed by atoms with Gasteiger partial charge in [-0.3, -0.25) is 0 Å². The highest BCUT2D eigenvalue weighted by Crippen LogP contribution is 2.22. The molecule has 0 saturated heterocycles. The Bertz CT molecular complexity index is 529. The van der Waals surface area contributed by atoms with E-state index in [0.29, 0.717) is 23.5 Å². The van der Waals surface area contributed by atoms with Crippen molar-refractivity contribution in [3.05, 3.63) is 52.4 Å². The Kier molecular flexibility index (Phi) is 4.15. The number of hydrogen-bond acceptors (Lipinski definition) is 3. The van der Waals surface area contributed by atoms with Crippen LogP contribution in [0.2, 0.25) is 5.15 Å². The van der Waals surface area contributed by atoms with Crippen LogP contribution >= 0.6 is 11.6 Å². The molecule has 0 aliphatic rings. The average molecular weight is 263 g/mol. The van der Waals surface area contributed by atoms with Gasteiger partial charge in [0.05, 0.1) is 0 Å². The van der Waals surface area contributed by atoms with E-state index in [2.05, 4.69) is 9.97 Å². The summed E-state index contributed by atoms with van der Waals surface area (Å²) in [5.41, 5.74) is 1.88. The molecule has 1 heterocycles. The third-order valence-corrected chi connectivity index (χ3v) is 2.99. The first-order valence-electron chi connectivity index (χ1n) is 5.90. The predicted molar refractivity (Wildman–Crippen MR) is 71.9 cm³/mol. The van der Waals surface area contributed by atoms with Crippen LogP contribution in [0.25, 0.3) is 0 Å². The Labute approximate surface area is 112 Å². The maximum Gasteiger partial charge on any atom is 0.221 e. The fourth-order valence-corrected chi connectivity index (χ4v) is 1.71. The molecule has 2 rings (SSSR count). The molecule has 3 nitrogen and oxygen atoms in total. The molecule has 4 heteroatoms. The van der Waals surface area contributed by atoms with Crippen LogP contribution in [-0.2, 0) is 13.0 Å². The maximum absolute atomic E-state index is 6.05. The zero-order valence-corrected chi connectivity index (χ0v) is 11.2. The van der Waals surface area contributed by atoms with Gasteiger partial charge in [-0.25, -0.2) is 4.98 Å². The fraction of sp³-hybridized carbons (Fsp3) is 0.286. The van der Waals surface area contributed by atoms with E-state index < -0.39 is 0 Å². The average Bonchev–Trinajstić information content (AvgIpc) is 2.41. The first kappa shape index (κ1) is 12.8. The number of hydrogen-bond donors (Lipinski definition) is 0. The van der Waals surface area contributed by atoms with Crippen molar-refractivity contribution < 1.29 is 4.74 Å². The summed E-state index contributed by atoms with van der Waals surface area (Å²) < 4.78 is 5.71. The molecule has 0 radical (unpaired) electrons. The highest BCUT2D eigenvalue weighted by molar-refractivity contribution is 6.30. The molecular weight excluding hydrogens is 248 g/mol. The van der Waals surface area contributed by atoms with Crippen LogP contribution in [0, 0.1) is 6.92 Å². The normalized spacial score (nSPS) is 10.4. The van der Waals surface area contributed by atoms with Gasteiger partial charge in [0.15, 0.2) is 0 Å². The van der Waals surface area contributed by atoms with Gasteiger partial charge in [0.25, 0.3) is 0 Å². The summed E-state index contributed by atoms with van der Waals surface area (Å²) in [7, 11) is 0. The first-order valence-corrected chi connectivity index (χ1v) is 6.28. The molecule has 0 spiro atoms. The van der Waals surface area contributed by atoms with Crippen molar-refractivity contribution in [3.8, 4) is 5.88 Å². The van der Waals surface area contributed by atoms with E-state index in [1.807, 2.05) is 44.2 Å². The highest BCUT2D eigenvalue weighted by Gasteiger charge is 2.09. The Hall–Kier alpha value is -1.61. The lowest BCUT2D eigenvalue weighted by atomic mass is 10.2. The number of ether oxygens (including phenoxy) is 1. The van der Waals surface area contributed by atoms with Crippen molar-refractivity contribution in [2.75, 3.05) is 0 Å². The Balaban J connectivity index is 2.16. The van der Waals surface area contributed by atoms with E-state index in [0.717, 1.165) is 17.5 Å². The summed E-state index contributed by atoms with van der Waals surface area (Å²) in [5.74, 6) is 1.27. The molecule has 0 aliphatic carbocycles. The van der Waals surface area contributed by atoms with Crippen molar-refractivity contribution in [1.82, 2.24) is 9.97 Å². The van der Waals surface area contributed by atoms with Gasteiger partial charge in [0, 0.05) is 12.0 Å². The van der Waals surface area contributed by atoms with Crippen LogP contribution in [0.1, 0.15) is 23.9 Å². The van der Waals surface area contributed by atoms with E-state index in [1.165, 1.54) is 0 Å². The molecular formula is C14H15ClN2O. The highest BCUT2D eigenvalue weighted by atomic mass is 35.5. The molecule has 2 aromatic rings. The van der Waals surface area contributed by atoms with Crippen LogP contribution in [0.4, 0.5) is 0 Å². The quantitative estimate of drug-likeness (QED) is 0.790. The molecule has 0 unspecified atom stereocenters. The van der Waals surface area contributed by atoms with Gasteiger partial charge in [0.1, 0.15) is 17.6 Å². The lowest BCUT2D eigenvalue weighted by molar-refractivity contribution is 0.290. The molecule has 0 atom stereocenters. The van der Waals surface area contributed by atoms with Crippen molar-refractivity contribution in [2.45, 2.75) is 26.9 Å². The molecule has 18 heavy (non-hydrogen) atoms. The standard InChI is InChI=1S/C14H15ClN2O/c1-3-12-16-13(15)10(2)14(17-12)18-9-11-7-5-4-6-8-11/h4-8H,3,9H2,1-2H3. The summed E-state index contributed by atoms with van der Waals surface area (Å²) in [6, 6.07) is 9.97. The SMILES string of the molecule is CCc1nc(Cl)c(C)c(OCc2ccccc2)n1. The van der Waals surface area contributed by atoms with Crippen LogP contribution in [0.15, 0.2) is 30.3 Å². The number of halogens is 1. The summed E-state index contributed by atoms with van der Waals surface area (Å²) in [4.78, 5) is 8.53. The summed E-state index contributed by atoms with van der Waals surface area (Å²) in [6.45, 7) is 4.34. The monoisotopic (exact) mass is 262 g/mol.